The Bertz CT molecular complexity index is 637. The van der Waals surface area contributed by atoms with E-state index in [1.54, 1.807) is 0 Å². The van der Waals surface area contributed by atoms with Gasteiger partial charge in [-0.1, -0.05) is 67.6 Å². The van der Waals surface area contributed by atoms with E-state index in [0.29, 0.717) is 0 Å². The fourth-order valence-corrected chi connectivity index (χ4v) is 4.04. The summed E-state index contributed by atoms with van der Waals surface area (Å²) in [5, 5.41) is 9.72. The lowest BCUT2D eigenvalue weighted by Gasteiger charge is -2.26. The topological polar surface area (TPSA) is 38.7 Å². The van der Waals surface area contributed by atoms with E-state index in [1.165, 1.54) is 0 Å². The Morgan fingerprint density at radius 1 is 0.875 bits per heavy atom. The van der Waals surface area contributed by atoms with Crippen LogP contribution in [-0.4, -0.2) is 17.5 Å². The van der Waals surface area contributed by atoms with Gasteiger partial charge in [0.1, 0.15) is 12.2 Å². The van der Waals surface area contributed by atoms with Gasteiger partial charge in [-0.05, 0) is 23.0 Å². The second-order valence-electron chi connectivity index (χ2n) is 7.45. The first kappa shape index (κ1) is 15.8. The predicted molar refractivity (Wildman–Crippen MR) is 92.3 cm³/mol. The van der Waals surface area contributed by atoms with Crippen LogP contribution in [0.1, 0.15) is 49.5 Å². The van der Waals surface area contributed by atoms with Gasteiger partial charge in [0, 0.05) is 19.4 Å². The Morgan fingerprint density at radius 3 is 1.79 bits per heavy atom. The van der Waals surface area contributed by atoms with Gasteiger partial charge in [-0.2, -0.15) is 0 Å². The van der Waals surface area contributed by atoms with E-state index in [0.717, 1.165) is 30.4 Å². The normalized spacial score (nSPS) is 31.6. The molecule has 1 aliphatic carbocycles. The molecule has 3 heteroatoms. The van der Waals surface area contributed by atoms with E-state index < -0.39 is 5.79 Å². The number of aliphatic hydroxyl groups is 1. The summed E-state index contributed by atoms with van der Waals surface area (Å²) >= 11 is 0. The van der Waals surface area contributed by atoms with Crippen molar-refractivity contribution in [1.29, 1.82) is 0 Å². The largest absolute Gasteiger partial charge is 0.396 e. The molecule has 1 saturated carbocycles. The van der Waals surface area contributed by atoms with Crippen LogP contribution in [0.2, 0.25) is 0 Å². The number of benzene rings is 2. The van der Waals surface area contributed by atoms with Crippen LogP contribution < -0.4 is 0 Å². The molecule has 1 aliphatic heterocycles. The Hall–Kier alpha value is -1.68. The van der Waals surface area contributed by atoms with Crippen molar-refractivity contribution >= 4 is 0 Å². The van der Waals surface area contributed by atoms with E-state index >= 15 is 0 Å². The number of ether oxygens (including phenoxy) is 2. The summed E-state index contributed by atoms with van der Waals surface area (Å²) < 4.78 is 13.1. The van der Waals surface area contributed by atoms with E-state index in [4.69, 9.17) is 9.47 Å². The fraction of sp³-hybridized carbons (Fsp3) is 0.429. The van der Waals surface area contributed by atoms with Gasteiger partial charge in [0.15, 0.2) is 5.79 Å². The summed E-state index contributed by atoms with van der Waals surface area (Å²) in [6.07, 6.45) is 2.26. The van der Waals surface area contributed by atoms with Gasteiger partial charge in [-0.25, -0.2) is 0 Å². The van der Waals surface area contributed by atoms with Crippen LogP contribution in [-0.2, 0) is 9.47 Å². The number of hydrogen-bond acceptors (Lipinski definition) is 3. The van der Waals surface area contributed by atoms with Crippen molar-refractivity contribution in [2.45, 2.75) is 44.2 Å². The molecule has 24 heavy (non-hydrogen) atoms. The summed E-state index contributed by atoms with van der Waals surface area (Å²) in [6, 6.07) is 20.6. The van der Waals surface area contributed by atoms with Crippen LogP contribution in [0.4, 0.5) is 0 Å². The van der Waals surface area contributed by atoms with Crippen LogP contribution in [0, 0.1) is 5.41 Å². The maximum atomic E-state index is 9.72. The highest BCUT2D eigenvalue weighted by Crippen LogP contribution is 2.57. The second kappa shape index (κ2) is 5.99. The highest BCUT2D eigenvalue weighted by Gasteiger charge is 2.55. The van der Waals surface area contributed by atoms with Crippen molar-refractivity contribution in [3.8, 4) is 0 Å². The van der Waals surface area contributed by atoms with Crippen molar-refractivity contribution in [3.05, 3.63) is 71.8 Å². The van der Waals surface area contributed by atoms with Crippen LogP contribution >= 0.6 is 0 Å². The molecule has 3 nitrogen and oxygen atoms in total. The molecular formula is C21H24O3. The lowest BCUT2D eigenvalue weighted by atomic mass is 9.90. The Labute approximate surface area is 143 Å². The van der Waals surface area contributed by atoms with Gasteiger partial charge >= 0.3 is 0 Å². The minimum atomic E-state index is -0.585. The molecule has 1 unspecified atom stereocenters. The average Bonchev–Trinajstić information content (AvgIpc) is 3.17. The minimum absolute atomic E-state index is 0.116. The second-order valence-corrected chi connectivity index (χ2v) is 7.45. The molecule has 1 saturated heterocycles. The molecule has 2 aromatic carbocycles. The van der Waals surface area contributed by atoms with Gasteiger partial charge < -0.3 is 14.6 Å². The molecule has 1 heterocycles. The third kappa shape index (κ3) is 2.77. The minimum Gasteiger partial charge on any atom is -0.396 e. The predicted octanol–water partition coefficient (Wildman–Crippen LogP) is 4.39. The van der Waals surface area contributed by atoms with Crippen LogP contribution in [0.3, 0.4) is 0 Å². The van der Waals surface area contributed by atoms with Crippen molar-refractivity contribution in [2.24, 2.45) is 5.41 Å². The summed E-state index contributed by atoms with van der Waals surface area (Å²) in [6.45, 7) is 2.29. The molecule has 0 amide bonds. The average molecular weight is 324 g/mol. The van der Waals surface area contributed by atoms with Gasteiger partial charge in [0.05, 0.1) is 0 Å². The summed E-state index contributed by atoms with van der Waals surface area (Å²) in [7, 11) is 0. The Morgan fingerprint density at radius 2 is 1.38 bits per heavy atom. The van der Waals surface area contributed by atoms with Crippen molar-refractivity contribution in [2.75, 3.05) is 6.61 Å². The lowest BCUT2D eigenvalue weighted by Crippen LogP contribution is -2.29. The molecule has 2 aliphatic rings. The van der Waals surface area contributed by atoms with E-state index in [-0.39, 0.29) is 24.2 Å². The number of aliphatic hydroxyl groups excluding tert-OH is 1. The van der Waals surface area contributed by atoms with Crippen LogP contribution in [0.25, 0.3) is 0 Å². The quantitative estimate of drug-likeness (QED) is 0.910. The number of rotatable bonds is 3. The monoisotopic (exact) mass is 324 g/mol. The molecule has 126 valence electrons. The SMILES string of the molecule is CC1(CO)CCC2(C1)O[C@@H](c1ccccc1)[C@H](c1ccccc1)O2. The summed E-state index contributed by atoms with van der Waals surface area (Å²) in [5.41, 5.74) is 2.16. The molecule has 1 spiro atoms. The van der Waals surface area contributed by atoms with Gasteiger partial charge in [-0.3, -0.25) is 0 Å². The van der Waals surface area contributed by atoms with E-state index in [2.05, 4.69) is 31.2 Å². The zero-order chi connectivity index (χ0) is 16.6. The third-order valence-corrected chi connectivity index (χ3v) is 5.40. The third-order valence-electron chi connectivity index (χ3n) is 5.40. The Kier molecular flexibility index (Phi) is 3.95. The standard InChI is InChI=1S/C21H24O3/c1-20(15-22)12-13-21(14-20)23-18(16-8-4-2-5-9-16)19(24-21)17-10-6-3-7-11-17/h2-11,18-19,22H,12-15H2,1H3/t18-,19-,20?/m0/s1. The zero-order valence-electron chi connectivity index (χ0n) is 14.0. The molecule has 0 aromatic heterocycles. The molecule has 4 rings (SSSR count). The Balaban J connectivity index is 1.69. The van der Waals surface area contributed by atoms with Gasteiger partial charge in [0.2, 0.25) is 0 Å². The van der Waals surface area contributed by atoms with Crippen molar-refractivity contribution < 1.29 is 14.6 Å². The molecular weight excluding hydrogens is 300 g/mol. The first-order valence-electron chi connectivity index (χ1n) is 8.70. The lowest BCUT2D eigenvalue weighted by molar-refractivity contribution is -0.177. The van der Waals surface area contributed by atoms with Gasteiger partial charge in [-0.15, -0.1) is 0 Å². The highest BCUT2D eigenvalue weighted by molar-refractivity contribution is 5.27. The molecule has 0 bridgehead atoms. The van der Waals surface area contributed by atoms with E-state index in [1.807, 2.05) is 36.4 Å². The summed E-state index contributed by atoms with van der Waals surface area (Å²) in [5.74, 6) is -0.585. The molecule has 2 aromatic rings. The molecule has 1 N–H and O–H groups in total. The zero-order valence-corrected chi connectivity index (χ0v) is 14.0. The van der Waals surface area contributed by atoms with Crippen molar-refractivity contribution in [1.82, 2.24) is 0 Å². The molecule has 2 fully saturated rings. The molecule has 0 radical (unpaired) electrons. The first-order chi connectivity index (χ1) is 11.6. The van der Waals surface area contributed by atoms with Crippen LogP contribution in [0.15, 0.2) is 60.7 Å². The van der Waals surface area contributed by atoms with Crippen LogP contribution in [0.5, 0.6) is 0 Å². The van der Waals surface area contributed by atoms with Crippen molar-refractivity contribution in [3.63, 3.8) is 0 Å². The molecule has 3 atom stereocenters. The maximum absolute atomic E-state index is 9.72. The van der Waals surface area contributed by atoms with E-state index in [9.17, 15) is 5.11 Å². The smallest absolute Gasteiger partial charge is 0.170 e. The summed E-state index contributed by atoms with van der Waals surface area (Å²) in [4.78, 5) is 0. The van der Waals surface area contributed by atoms with Gasteiger partial charge in [0.25, 0.3) is 0 Å². The first-order valence-corrected chi connectivity index (χ1v) is 8.70. The number of hydrogen-bond donors (Lipinski definition) is 1. The maximum Gasteiger partial charge on any atom is 0.170 e. The highest BCUT2D eigenvalue weighted by atomic mass is 16.8. The fourth-order valence-electron chi connectivity index (χ4n) is 4.04.